The van der Waals surface area contributed by atoms with E-state index in [1.165, 1.54) is 12.3 Å². The number of hydrogen-bond donors (Lipinski definition) is 1. The Balaban J connectivity index is 2.18. The van der Waals surface area contributed by atoms with Crippen LogP contribution in [0.1, 0.15) is 37.0 Å². The lowest BCUT2D eigenvalue weighted by Crippen LogP contribution is -2.36. The zero-order chi connectivity index (χ0) is 12.4. The molecule has 1 aliphatic rings. The number of H-pyrrole nitrogens is 1. The summed E-state index contributed by atoms with van der Waals surface area (Å²) < 4.78 is 0. The molecule has 1 aromatic heterocycles. The van der Waals surface area contributed by atoms with Crippen LogP contribution in [-0.2, 0) is 0 Å². The van der Waals surface area contributed by atoms with Gasteiger partial charge in [-0.3, -0.25) is 9.59 Å². The van der Waals surface area contributed by atoms with Crippen molar-refractivity contribution in [3.63, 3.8) is 0 Å². The standard InChI is InChI=1S/C13H18N2O2/c1-9(2)8-15(11-3-4-11)13(17)10-5-6-14-12(16)7-10/h5-7,9,11H,3-4,8H2,1-2H3,(H,14,16). The van der Waals surface area contributed by atoms with E-state index in [1.54, 1.807) is 6.07 Å². The van der Waals surface area contributed by atoms with Crippen molar-refractivity contribution < 1.29 is 4.79 Å². The quantitative estimate of drug-likeness (QED) is 0.861. The van der Waals surface area contributed by atoms with Crippen LogP contribution >= 0.6 is 0 Å². The Hall–Kier alpha value is -1.58. The van der Waals surface area contributed by atoms with Crippen molar-refractivity contribution in [3.8, 4) is 0 Å². The van der Waals surface area contributed by atoms with Gasteiger partial charge in [0, 0.05) is 30.4 Å². The van der Waals surface area contributed by atoms with Crippen LogP contribution in [0, 0.1) is 5.92 Å². The number of pyridine rings is 1. The number of nitrogens with one attached hydrogen (secondary N) is 1. The van der Waals surface area contributed by atoms with Gasteiger partial charge in [0.1, 0.15) is 0 Å². The molecule has 0 aliphatic heterocycles. The Bertz CT molecular complexity index is 460. The Morgan fingerprint density at radius 3 is 2.76 bits per heavy atom. The largest absolute Gasteiger partial charge is 0.335 e. The van der Waals surface area contributed by atoms with Gasteiger partial charge in [-0.2, -0.15) is 0 Å². The van der Waals surface area contributed by atoms with E-state index in [4.69, 9.17) is 0 Å². The number of nitrogens with zero attached hydrogens (tertiary/aromatic N) is 1. The summed E-state index contributed by atoms with van der Waals surface area (Å²) in [5.41, 5.74) is 0.262. The Labute approximate surface area is 101 Å². The van der Waals surface area contributed by atoms with Crippen molar-refractivity contribution in [1.82, 2.24) is 9.88 Å². The fraction of sp³-hybridized carbons (Fsp3) is 0.538. The summed E-state index contributed by atoms with van der Waals surface area (Å²) >= 11 is 0. The maximum Gasteiger partial charge on any atom is 0.254 e. The molecule has 0 aromatic carbocycles. The highest BCUT2D eigenvalue weighted by Gasteiger charge is 2.33. The number of carbonyl (C=O) groups is 1. The van der Waals surface area contributed by atoms with E-state index in [2.05, 4.69) is 18.8 Å². The summed E-state index contributed by atoms with van der Waals surface area (Å²) in [4.78, 5) is 27.9. The van der Waals surface area contributed by atoms with E-state index in [-0.39, 0.29) is 11.5 Å². The zero-order valence-corrected chi connectivity index (χ0v) is 10.3. The maximum atomic E-state index is 12.3. The number of rotatable bonds is 4. The third kappa shape index (κ3) is 2.96. The van der Waals surface area contributed by atoms with Crippen molar-refractivity contribution in [2.24, 2.45) is 5.92 Å². The summed E-state index contributed by atoms with van der Waals surface area (Å²) in [5, 5.41) is 0. The Kier molecular flexibility index (Phi) is 3.31. The second-order valence-corrected chi connectivity index (χ2v) is 5.02. The SMILES string of the molecule is CC(C)CN(C(=O)c1cc[nH]c(=O)c1)C1CC1. The molecule has 0 bridgehead atoms. The third-order valence-corrected chi connectivity index (χ3v) is 2.83. The van der Waals surface area contributed by atoms with Gasteiger partial charge in [0.05, 0.1) is 0 Å². The summed E-state index contributed by atoms with van der Waals surface area (Å²) in [6, 6.07) is 3.42. The molecule has 1 amide bonds. The van der Waals surface area contributed by atoms with Crippen molar-refractivity contribution in [2.75, 3.05) is 6.54 Å². The molecule has 92 valence electrons. The predicted molar refractivity (Wildman–Crippen MR) is 66.0 cm³/mol. The molecule has 1 saturated carbocycles. The summed E-state index contributed by atoms with van der Waals surface area (Å²) in [7, 11) is 0. The first-order valence-electron chi connectivity index (χ1n) is 6.07. The highest BCUT2D eigenvalue weighted by Crippen LogP contribution is 2.28. The minimum absolute atomic E-state index is 0.0210. The molecule has 0 spiro atoms. The number of carbonyl (C=O) groups excluding carboxylic acids is 1. The molecule has 4 heteroatoms. The van der Waals surface area contributed by atoms with Crippen molar-refractivity contribution in [1.29, 1.82) is 0 Å². The van der Waals surface area contributed by atoms with Gasteiger partial charge in [-0.15, -0.1) is 0 Å². The molecule has 1 aliphatic carbocycles. The van der Waals surface area contributed by atoms with Gasteiger partial charge in [-0.1, -0.05) is 13.8 Å². The topological polar surface area (TPSA) is 53.2 Å². The molecule has 1 aromatic rings. The van der Waals surface area contributed by atoms with E-state index in [1.807, 2.05) is 4.90 Å². The minimum atomic E-state index is -0.226. The lowest BCUT2D eigenvalue weighted by molar-refractivity contribution is 0.0722. The van der Waals surface area contributed by atoms with Crippen LogP contribution in [0.25, 0.3) is 0 Å². The average Bonchev–Trinajstić information content (AvgIpc) is 3.08. The lowest BCUT2D eigenvalue weighted by atomic mass is 10.1. The third-order valence-electron chi connectivity index (χ3n) is 2.83. The molecule has 2 rings (SSSR count). The van der Waals surface area contributed by atoms with Crippen LogP contribution in [0.2, 0.25) is 0 Å². The first kappa shape index (κ1) is 11.9. The zero-order valence-electron chi connectivity index (χ0n) is 10.3. The van der Waals surface area contributed by atoms with Crippen molar-refractivity contribution in [2.45, 2.75) is 32.7 Å². The highest BCUT2D eigenvalue weighted by molar-refractivity contribution is 5.94. The molecule has 4 nitrogen and oxygen atoms in total. The van der Waals surface area contributed by atoms with Crippen LogP contribution in [0.3, 0.4) is 0 Å². The molecule has 0 saturated heterocycles. The second kappa shape index (κ2) is 4.73. The van der Waals surface area contributed by atoms with Crippen LogP contribution in [0.15, 0.2) is 23.1 Å². The van der Waals surface area contributed by atoms with Crippen LogP contribution in [0.5, 0.6) is 0 Å². The maximum absolute atomic E-state index is 12.3. The molecular formula is C13H18N2O2. The molecular weight excluding hydrogens is 216 g/mol. The normalized spacial score (nSPS) is 15.0. The molecule has 17 heavy (non-hydrogen) atoms. The Morgan fingerprint density at radius 1 is 1.53 bits per heavy atom. The predicted octanol–water partition coefficient (Wildman–Crippen LogP) is 1.64. The summed E-state index contributed by atoms with van der Waals surface area (Å²) in [6.07, 6.45) is 3.69. The van der Waals surface area contributed by atoms with Crippen LogP contribution in [-0.4, -0.2) is 28.4 Å². The van der Waals surface area contributed by atoms with E-state index < -0.39 is 0 Å². The smallest absolute Gasteiger partial charge is 0.254 e. The number of aromatic nitrogens is 1. The van der Waals surface area contributed by atoms with Crippen molar-refractivity contribution >= 4 is 5.91 Å². The summed E-state index contributed by atoms with van der Waals surface area (Å²) in [5.74, 6) is 0.425. The molecule has 1 heterocycles. The van der Waals surface area contributed by atoms with Gasteiger partial charge < -0.3 is 9.88 Å². The fourth-order valence-electron chi connectivity index (χ4n) is 1.92. The van der Waals surface area contributed by atoms with Gasteiger partial charge >= 0.3 is 0 Å². The van der Waals surface area contributed by atoms with Gasteiger partial charge in [-0.25, -0.2) is 0 Å². The van der Waals surface area contributed by atoms with Gasteiger partial charge in [0.25, 0.3) is 5.91 Å². The van der Waals surface area contributed by atoms with Gasteiger partial charge in [0.15, 0.2) is 0 Å². The van der Waals surface area contributed by atoms with E-state index in [0.29, 0.717) is 17.5 Å². The number of aromatic amines is 1. The van der Waals surface area contributed by atoms with Crippen LogP contribution < -0.4 is 5.56 Å². The van der Waals surface area contributed by atoms with Crippen molar-refractivity contribution in [3.05, 3.63) is 34.2 Å². The first-order valence-corrected chi connectivity index (χ1v) is 6.07. The molecule has 0 unspecified atom stereocenters. The van der Waals surface area contributed by atoms with Crippen LogP contribution in [0.4, 0.5) is 0 Å². The molecule has 0 atom stereocenters. The van der Waals surface area contributed by atoms with Gasteiger partial charge in [-0.05, 0) is 24.8 Å². The summed E-state index contributed by atoms with van der Waals surface area (Å²) in [6.45, 7) is 4.96. The lowest BCUT2D eigenvalue weighted by Gasteiger charge is -2.24. The number of hydrogen-bond acceptors (Lipinski definition) is 2. The monoisotopic (exact) mass is 234 g/mol. The fourth-order valence-corrected chi connectivity index (χ4v) is 1.92. The average molecular weight is 234 g/mol. The van der Waals surface area contributed by atoms with Gasteiger partial charge in [0.2, 0.25) is 5.56 Å². The Morgan fingerprint density at radius 2 is 2.24 bits per heavy atom. The molecule has 1 fully saturated rings. The minimum Gasteiger partial charge on any atom is -0.335 e. The first-order chi connectivity index (χ1) is 8.08. The highest BCUT2D eigenvalue weighted by atomic mass is 16.2. The van der Waals surface area contributed by atoms with E-state index in [0.717, 1.165) is 19.4 Å². The number of amides is 1. The van der Waals surface area contributed by atoms with E-state index in [9.17, 15) is 9.59 Å². The van der Waals surface area contributed by atoms with E-state index >= 15 is 0 Å². The molecule has 0 radical (unpaired) electrons. The second-order valence-electron chi connectivity index (χ2n) is 5.02. The molecule has 1 N–H and O–H groups in total.